The van der Waals surface area contributed by atoms with Crippen molar-refractivity contribution >= 4 is 10.1 Å². The van der Waals surface area contributed by atoms with Crippen LogP contribution in [0.5, 0.6) is 0 Å². The smallest absolute Gasteiger partial charge is 0.267 e. The molecule has 21 heavy (non-hydrogen) atoms. The molecule has 2 aromatic carbocycles. The molecule has 0 heterocycles. The highest BCUT2D eigenvalue weighted by atomic mass is 32.2. The average molecular weight is 304 g/mol. The number of rotatable bonds is 8. The molecule has 0 spiro atoms. The normalized spacial score (nSPS) is 11.4. The van der Waals surface area contributed by atoms with Crippen molar-refractivity contribution in [3.63, 3.8) is 0 Å². The summed E-state index contributed by atoms with van der Waals surface area (Å²) >= 11 is 0. The molecule has 0 N–H and O–H groups in total. The molecule has 0 bridgehead atoms. The summed E-state index contributed by atoms with van der Waals surface area (Å²) in [5, 5.41) is 0. The van der Waals surface area contributed by atoms with E-state index in [9.17, 15) is 8.42 Å². The van der Waals surface area contributed by atoms with Gasteiger partial charge in [-0.15, -0.1) is 0 Å². The van der Waals surface area contributed by atoms with Crippen LogP contribution in [-0.2, 0) is 27.1 Å². The summed E-state index contributed by atoms with van der Waals surface area (Å²) in [6.07, 6.45) is 2.02. The molecule has 0 unspecified atom stereocenters. The van der Waals surface area contributed by atoms with E-state index in [4.69, 9.17) is 4.18 Å². The Morgan fingerprint density at radius 3 is 1.86 bits per heavy atom. The summed E-state index contributed by atoms with van der Waals surface area (Å²) in [6, 6.07) is 19.6. The van der Waals surface area contributed by atoms with Gasteiger partial charge in [-0.2, -0.15) is 8.42 Å². The van der Waals surface area contributed by atoms with Gasteiger partial charge in [-0.1, -0.05) is 60.7 Å². The minimum Gasteiger partial charge on any atom is -0.270 e. The monoisotopic (exact) mass is 304 g/mol. The molecule has 0 aliphatic carbocycles. The third-order valence-corrected chi connectivity index (χ3v) is 4.43. The van der Waals surface area contributed by atoms with Crippen molar-refractivity contribution in [2.75, 3.05) is 12.4 Å². The van der Waals surface area contributed by atoms with Crippen LogP contribution in [0.2, 0.25) is 0 Å². The van der Waals surface area contributed by atoms with Gasteiger partial charge in [0.1, 0.15) is 0 Å². The predicted octanol–water partition coefficient (Wildman–Crippen LogP) is 3.21. The SMILES string of the molecule is O=S(=O)(CCc1ccccc1)OCCCc1ccccc1. The van der Waals surface area contributed by atoms with Gasteiger partial charge in [-0.05, 0) is 30.4 Å². The van der Waals surface area contributed by atoms with E-state index in [1.165, 1.54) is 5.56 Å². The quantitative estimate of drug-likeness (QED) is 0.555. The first-order valence-electron chi connectivity index (χ1n) is 7.11. The average Bonchev–Trinajstić information content (AvgIpc) is 2.52. The Bertz CT molecular complexity index is 622. The minimum atomic E-state index is -3.43. The van der Waals surface area contributed by atoms with Crippen molar-refractivity contribution in [2.45, 2.75) is 19.3 Å². The van der Waals surface area contributed by atoms with E-state index in [2.05, 4.69) is 0 Å². The first kappa shape index (κ1) is 15.7. The van der Waals surface area contributed by atoms with Crippen LogP contribution in [-0.4, -0.2) is 20.8 Å². The van der Waals surface area contributed by atoms with Gasteiger partial charge in [0.15, 0.2) is 0 Å². The van der Waals surface area contributed by atoms with E-state index in [1.54, 1.807) is 0 Å². The lowest BCUT2D eigenvalue weighted by Crippen LogP contribution is -2.13. The molecule has 0 saturated carbocycles. The third-order valence-electron chi connectivity index (χ3n) is 3.20. The maximum absolute atomic E-state index is 11.8. The largest absolute Gasteiger partial charge is 0.270 e. The van der Waals surface area contributed by atoms with Crippen molar-refractivity contribution in [1.82, 2.24) is 0 Å². The molecule has 2 aromatic rings. The van der Waals surface area contributed by atoms with Crippen LogP contribution < -0.4 is 0 Å². The van der Waals surface area contributed by atoms with Crippen LogP contribution in [0.1, 0.15) is 17.5 Å². The standard InChI is InChI=1S/C17H20O3S/c18-21(19,15-13-17-10-5-2-6-11-17)20-14-7-12-16-8-3-1-4-9-16/h1-6,8-11H,7,12-15H2. The molecule has 0 aromatic heterocycles. The fourth-order valence-corrected chi connectivity index (χ4v) is 3.03. The van der Waals surface area contributed by atoms with Gasteiger partial charge < -0.3 is 0 Å². The molecule has 112 valence electrons. The van der Waals surface area contributed by atoms with Crippen LogP contribution in [0.15, 0.2) is 60.7 Å². The van der Waals surface area contributed by atoms with Crippen LogP contribution in [0.4, 0.5) is 0 Å². The first-order chi connectivity index (χ1) is 10.2. The van der Waals surface area contributed by atoms with Crippen LogP contribution in [0.25, 0.3) is 0 Å². The lowest BCUT2D eigenvalue weighted by molar-refractivity contribution is 0.312. The maximum Gasteiger partial charge on any atom is 0.267 e. The van der Waals surface area contributed by atoms with E-state index in [0.717, 1.165) is 12.0 Å². The Balaban J connectivity index is 1.69. The van der Waals surface area contributed by atoms with Gasteiger partial charge in [0, 0.05) is 0 Å². The first-order valence-corrected chi connectivity index (χ1v) is 8.68. The van der Waals surface area contributed by atoms with Gasteiger partial charge in [-0.25, -0.2) is 0 Å². The highest BCUT2D eigenvalue weighted by Gasteiger charge is 2.11. The van der Waals surface area contributed by atoms with Gasteiger partial charge in [0.2, 0.25) is 0 Å². The van der Waals surface area contributed by atoms with Crippen molar-refractivity contribution in [3.8, 4) is 0 Å². The summed E-state index contributed by atoms with van der Waals surface area (Å²) in [7, 11) is -3.43. The van der Waals surface area contributed by atoms with E-state index >= 15 is 0 Å². The summed E-state index contributed by atoms with van der Waals surface area (Å²) in [4.78, 5) is 0. The fraction of sp³-hybridized carbons (Fsp3) is 0.294. The molecule has 0 aliphatic heterocycles. The Labute approximate surface area is 126 Å². The summed E-state index contributed by atoms with van der Waals surface area (Å²) in [6.45, 7) is 0.242. The molecule has 0 amide bonds. The Morgan fingerprint density at radius 1 is 0.762 bits per heavy atom. The summed E-state index contributed by atoms with van der Waals surface area (Å²) < 4.78 is 28.6. The van der Waals surface area contributed by atoms with Crippen molar-refractivity contribution < 1.29 is 12.6 Å². The molecule has 0 radical (unpaired) electrons. The molecule has 0 aliphatic rings. The lowest BCUT2D eigenvalue weighted by Gasteiger charge is -2.06. The van der Waals surface area contributed by atoms with E-state index < -0.39 is 10.1 Å². The van der Waals surface area contributed by atoms with Crippen LogP contribution in [0, 0.1) is 0 Å². The molecular weight excluding hydrogens is 284 g/mol. The van der Waals surface area contributed by atoms with Crippen molar-refractivity contribution in [1.29, 1.82) is 0 Å². The number of hydrogen-bond acceptors (Lipinski definition) is 3. The molecule has 0 saturated heterocycles. The number of benzene rings is 2. The van der Waals surface area contributed by atoms with E-state index in [0.29, 0.717) is 12.8 Å². The maximum atomic E-state index is 11.8. The Kier molecular flexibility index (Phi) is 5.96. The molecular formula is C17H20O3S. The lowest BCUT2D eigenvalue weighted by atomic mass is 10.1. The Morgan fingerprint density at radius 2 is 1.29 bits per heavy atom. The van der Waals surface area contributed by atoms with E-state index in [-0.39, 0.29) is 12.4 Å². The van der Waals surface area contributed by atoms with Crippen LogP contribution in [0.3, 0.4) is 0 Å². The van der Waals surface area contributed by atoms with Gasteiger partial charge in [0.05, 0.1) is 12.4 Å². The topological polar surface area (TPSA) is 43.4 Å². The zero-order chi connectivity index (χ0) is 15.0. The molecule has 4 heteroatoms. The minimum absolute atomic E-state index is 0.0301. The van der Waals surface area contributed by atoms with Gasteiger partial charge >= 0.3 is 0 Å². The molecule has 0 atom stereocenters. The number of hydrogen-bond donors (Lipinski definition) is 0. The second-order valence-electron chi connectivity index (χ2n) is 4.91. The van der Waals surface area contributed by atoms with Gasteiger partial charge in [0.25, 0.3) is 10.1 Å². The Hall–Kier alpha value is -1.65. The fourth-order valence-electron chi connectivity index (χ4n) is 2.05. The highest BCUT2D eigenvalue weighted by Crippen LogP contribution is 2.06. The highest BCUT2D eigenvalue weighted by molar-refractivity contribution is 7.86. The summed E-state index contributed by atoms with van der Waals surface area (Å²) in [5.74, 6) is 0.0301. The van der Waals surface area contributed by atoms with Crippen molar-refractivity contribution in [3.05, 3.63) is 71.8 Å². The van der Waals surface area contributed by atoms with E-state index in [1.807, 2.05) is 60.7 Å². The van der Waals surface area contributed by atoms with Gasteiger partial charge in [-0.3, -0.25) is 4.18 Å². The second kappa shape index (κ2) is 7.96. The zero-order valence-electron chi connectivity index (χ0n) is 11.9. The molecule has 0 fully saturated rings. The third kappa shape index (κ3) is 6.10. The number of aryl methyl sites for hydroxylation is 2. The molecule has 2 rings (SSSR count). The zero-order valence-corrected chi connectivity index (χ0v) is 12.8. The van der Waals surface area contributed by atoms with Crippen molar-refractivity contribution in [2.24, 2.45) is 0 Å². The summed E-state index contributed by atoms with van der Waals surface area (Å²) in [5.41, 5.74) is 2.21. The second-order valence-corrected chi connectivity index (χ2v) is 6.67. The predicted molar refractivity (Wildman–Crippen MR) is 84.6 cm³/mol. The van der Waals surface area contributed by atoms with Crippen LogP contribution >= 0.6 is 0 Å². The molecule has 3 nitrogen and oxygen atoms in total.